The number of hydrogen-bond donors (Lipinski definition) is 0. The number of ether oxygens (including phenoxy) is 2. The second-order valence-electron chi connectivity index (χ2n) is 14.3. The summed E-state index contributed by atoms with van der Waals surface area (Å²) in [5.74, 6) is 2.43. The Morgan fingerprint density at radius 1 is 0.535 bits per heavy atom. The van der Waals surface area contributed by atoms with E-state index in [1.165, 1.54) is 12.8 Å². The second-order valence-corrected chi connectivity index (χ2v) is 16.4. The lowest BCUT2D eigenvalue weighted by atomic mass is 9.71. The third-order valence-corrected chi connectivity index (χ3v) is 11.3. The summed E-state index contributed by atoms with van der Waals surface area (Å²) in [7, 11) is -3.65. The molecule has 0 heterocycles. The Morgan fingerprint density at radius 3 is 1.28 bits per heavy atom. The molecule has 2 aliphatic rings. The molecule has 4 atom stereocenters. The van der Waals surface area contributed by atoms with E-state index in [0.29, 0.717) is 38.3 Å². The number of benzene rings is 2. The molecule has 6 nitrogen and oxygen atoms in total. The van der Waals surface area contributed by atoms with Gasteiger partial charge in [-0.25, -0.2) is 0 Å². The number of rotatable bonds is 14. The summed E-state index contributed by atoms with van der Waals surface area (Å²) in [6, 6.07) is 19.7. The lowest BCUT2D eigenvalue weighted by molar-refractivity contribution is -0.125. The van der Waals surface area contributed by atoms with Gasteiger partial charge in [0.25, 0.3) is 0 Å². The molecule has 2 saturated carbocycles. The van der Waals surface area contributed by atoms with Crippen molar-refractivity contribution in [2.75, 3.05) is 26.4 Å². The van der Waals surface area contributed by atoms with Crippen LogP contribution in [-0.2, 0) is 17.7 Å². The standard InChI is InChI=1S/C36H56O6Si/c1-35(2,3)31-21-13-15-23-33(31)41-43(39-27-25-37-29-17-9-7-10-18-29,40-28-26-38-30-19-11-8-12-20-30)42-34-24-16-14-22-32(34)36(4,5)6/h7-12,17-20,31-34H,13-16,21-28H2,1-6H3. The Hall–Kier alpha value is -1.90. The lowest BCUT2D eigenvalue weighted by Crippen LogP contribution is -2.58. The summed E-state index contributed by atoms with van der Waals surface area (Å²) in [6.07, 6.45) is 9.02. The van der Waals surface area contributed by atoms with Gasteiger partial charge < -0.3 is 27.2 Å². The first-order valence-corrected chi connectivity index (χ1v) is 18.2. The molecule has 2 fully saturated rings. The zero-order chi connectivity index (χ0) is 30.8. The Kier molecular flexibility index (Phi) is 12.6. The second kappa shape index (κ2) is 15.9. The summed E-state index contributed by atoms with van der Waals surface area (Å²) in [5.41, 5.74) is 0.216. The van der Waals surface area contributed by atoms with Crippen molar-refractivity contribution < 1.29 is 27.2 Å². The Balaban J connectivity index is 1.58. The van der Waals surface area contributed by atoms with Crippen LogP contribution in [0.5, 0.6) is 11.5 Å². The Bertz CT molecular complexity index is 965. The van der Waals surface area contributed by atoms with Crippen LogP contribution in [0.4, 0.5) is 0 Å². The molecule has 0 bridgehead atoms. The van der Waals surface area contributed by atoms with Crippen molar-refractivity contribution in [3.63, 3.8) is 0 Å². The van der Waals surface area contributed by atoms with E-state index in [1.54, 1.807) is 0 Å². The highest BCUT2D eigenvalue weighted by Gasteiger charge is 2.54. The van der Waals surface area contributed by atoms with Crippen LogP contribution < -0.4 is 9.47 Å². The van der Waals surface area contributed by atoms with Gasteiger partial charge in [0.1, 0.15) is 24.7 Å². The van der Waals surface area contributed by atoms with Gasteiger partial charge in [-0.05, 0) is 72.6 Å². The summed E-state index contributed by atoms with van der Waals surface area (Å²) >= 11 is 0. The first-order valence-electron chi connectivity index (χ1n) is 16.5. The van der Waals surface area contributed by atoms with Crippen LogP contribution in [0.2, 0.25) is 0 Å². The summed E-state index contributed by atoms with van der Waals surface area (Å²) in [4.78, 5) is 0. The third-order valence-electron chi connectivity index (χ3n) is 8.97. The van der Waals surface area contributed by atoms with E-state index in [1.807, 2.05) is 60.7 Å². The molecular formula is C36H56O6Si. The van der Waals surface area contributed by atoms with E-state index in [-0.39, 0.29) is 23.0 Å². The van der Waals surface area contributed by atoms with Crippen molar-refractivity contribution in [2.45, 2.75) is 105 Å². The van der Waals surface area contributed by atoms with Gasteiger partial charge in [0.2, 0.25) is 0 Å². The zero-order valence-corrected chi connectivity index (χ0v) is 28.5. The first-order chi connectivity index (χ1) is 20.6. The van der Waals surface area contributed by atoms with Crippen molar-refractivity contribution in [2.24, 2.45) is 22.7 Å². The molecular weight excluding hydrogens is 556 g/mol. The minimum Gasteiger partial charge on any atom is -0.491 e. The van der Waals surface area contributed by atoms with Crippen LogP contribution in [0.25, 0.3) is 0 Å². The SMILES string of the molecule is CC(C)(C)C1CCCCC1O[Si](OCCOc1ccccc1)(OCCOc1ccccc1)OC1CCCCC1C(C)(C)C. The van der Waals surface area contributed by atoms with E-state index in [0.717, 1.165) is 50.0 Å². The Labute approximate surface area is 262 Å². The van der Waals surface area contributed by atoms with Crippen molar-refractivity contribution in [3.8, 4) is 11.5 Å². The van der Waals surface area contributed by atoms with Gasteiger partial charge in [-0.2, -0.15) is 0 Å². The summed E-state index contributed by atoms with van der Waals surface area (Å²) in [6.45, 7) is 15.3. The zero-order valence-electron chi connectivity index (χ0n) is 27.5. The van der Waals surface area contributed by atoms with Crippen molar-refractivity contribution in [3.05, 3.63) is 60.7 Å². The summed E-state index contributed by atoms with van der Waals surface area (Å²) in [5, 5.41) is 0. The maximum atomic E-state index is 7.15. The normalized spacial score (nSPS) is 23.6. The average molecular weight is 613 g/mol. The van der Waals surface area contributed by atoms with E-state index in [9.17, 15) is 0 Å². The molecule has 0 spiro atoms. The Morgan fingerprint density at radius 2 is 0.907 bits per heavy atom. The van der Waals surface area contributed by atoms with Crippen LogP contribution >= 0.6 is 0 Å². The van der Waals surface area contributed by atoms with Gasteiger partial charge in [-0.15, -0.1) is 0 Å². The van der Waals surface area contributed by atoms with Crippen molar-refractivity contribution in [1.82, 2.24) is 0 Å². The minimum absolute atomic E-state index is 0.0159. The molecule has 2 aromatic rings. The van der Waals surface area contributed by atoms with Gasteiger partial charge in [-0.3, -0.25) is 0 Å². The highest BCUT2D eigenvalue weighted by Crippen LogP contribution is 2.44. The van der Waals surface area contributed by atoms with Crippen LogP contribution in [0, 0.1) is 22.7 Å². The predicted molar refractivity (Wildman–Crippen MR) is 174 cm³/mol. The van der Waals surface area contributed by atoms with Crippen molar-refractivity contribution >= 4 is 9.05 Å². The molecule has 0 aliphatic heterocycles. The topological polar surface area (TPSA) is 55.4 Å². The first kappa shape index (κ1) is 34.0. The molecule has 0 radical (unpaired) electrons. The third kappa shape index (κ3) is 10.6. The molecule has 43 heavy (non-hydrogen) atoms. The molecule has 4 rings (SSSR count). The average Bonchev–Trinajstić information content (AvgIpc) is 2.98. The van der Waals surface area contributed by atoms with Crippen LogP contribution in [-0.4, -0.2) is 47.7 Å². The van der Waals surface area contributed by atoms with Gasteiger partial charge >= 0.3 is 9.05 Å². The molecule has 240 valence electrons. The fourth-order valence-corrected chi connectivity index (χ4v) is 9.10. The summed E-state index contributed by atoms with van der Waals surface area (Å²) < 4.78 is 39.8. The highest BCUT2D eigenvalue weighted by atomic mass is 28.4. The van der Waals surface area contributed by atoms with Gasteiger partial charge in [-0.1, -0.05) is 104 Å². The minimum atomic E-state index is -3.65. The molecule has 2 aromatic carbocycles. The maximum absolute atomic E-state index is 7.15. The maximum Gasteiger partial charge on any atom is 0.680 e. The smallest absolute Gasteiger partial charge is 0.491 e. The number of para-hydroxylation sites is 2. The van der Waals surface area contributed by atoms with Crippen LogP contribution in [0.1, 0.15) is 92.9 Å². The van der Waals surface area contributed by atoms with Gasteiger partial charge in [0.05, 0.1) is 25.4 Å². The van der Waals surface area contributed by atoms with Gasteiger partial charge in [0.15, 0.2) is 0 Å². The van der Waals surface area contributed by atoms with E-state index < -0.39 is 9.05 Å². The molecule has 0 N–H and O–H groups in total. The fraction of sp³-hybridized carbons (Fsp3) is 0.667. The van der Waals surface area contributed by atoms with E-state index in [2.05, 4.69) is 41.5 Å². The van der Waals surface area contributed by atoms with Crippen LogP contribution in [0.15, 0.2) is 60.7 Å². The highest BCUT2D eigenvalue weighted by molar-refractivity contribution is 6.53. The molecule has 7 heteroatoms. The molecule has 0 saturated heterocycles. The monoisotopic (exact) mass is 612 g/mol. The number of hydrogen-bond acceptors (Lipinski definition) is 6. The molecule has 4 unspecified atom stereocenters. The van der Waals surface area contributed by atoms with Crippen molar-refractivity contribution in [1.29, 1.82) is 0 Å². The van der Waals surface area contributed by atoms with E-state index >= 15 is 0 Å². The fourth-order valence-electron chi connectivity index (χ4n) is 6.72. The molecule has 2 aliphatic carbocycles. The largest absolute Gasteiger partial charge is 0.680 e. The molecule has 0 aromatic heterocycles. The predicted octanol–water partition coefficient (Wildman–Crippen LogP) is 8.86. The molecule has 0 amide bonds. The van der Waals surface area contributed by atoms with Crippen LogP contribution in [0.3, 0.4) is 0 Å². The quantitative estimate of drug-likeness (QED) is 0.157. The van der Waals surface area contributed by atoms with E-state index in [4.69, 9.17) is 27.2 Å². The lowest BCUT2D eigenvalue weighted by Gasteiger charge is -2.46. The van der Waals surface area contributed by atoms with Gasteiger partial charge in [0, 0.05) is 0 Å².